The topological polar surface area (TPSA) is 64.6 Å². The molecular formula is C19H20BrNO4. The second-order valence-electron chi connectivity index (χ2n) is 5.70. The van der Waals surface area contributed by atoms with E-state index < -0.39 is 12.1 Å². The van der Waals surface area contributed by atoms with Crippen LogP contribution in [0.2, 0.25) is 0 Å². The first-order chi connectivity index (χ1) is 11.8. The van der Waals surface area contributed by atoms with Crippen LogP contribution in [-0.2, 0) is 9.53 Å². The van der Waals surface area contributed by atoms with Crippen molar-refractivity contribution in [2.24, 2.45) is 0 Å². The standard InChI is InChI=1S/C19H20BrNO4/c1-11-5-6-12(2)16(9-11)21-18(22)13(3)25-17-8-7-14(10-15(17)20)19(23)24-4/h5-10,13H,1-4H3,(H,21,22)/t13-/m1/s1. The highest BCUT2D eigenvalue weighted by molar-refractivity contribution is 9.10. The van der Waals surface area contributed by atoms with E-state index in [0.29, 0.717) is 15.8 Å². The molecule has 132 valence electrons. The van der Waals surface area contributed by atoms with Crippen molar-refractivity contribution < 1.29 is 19.1 Å². The summed E-state index contributed by atoms with van der Waals surface area (Å²) >= 11 is 3.35. The van der Waals surface area contributed by atoms with Crippen molar-refractivity contribution >= 4 is 33.5 Å². The van der Waals surface area contributed by atoms with Gasteiger partial charge in [-0.25, -0.2) is 4.79 Å². The van der Waals surface area contributed by atoms with Crippen molar-refractivity contribution in [3.8, 4) is 5.75 Å². The normalized spacial score (nSPS) is 11.6. The quantitative estimate of drug-likeness (QED) is 0.754. The van der Waals surface area contributed by atoms with E-state index in [0.717, 1.165) is 16.8 Å². The van der Waals surface area contributed by atoms with Gasteiger partial charge in [0.15, 0.2) is 6.10 Å². The van der Waals surface area contributed by atoms with E-state index in [-0.39, 0.29) is 5.91 Å². The summed E-state index contributed by atoms with van der Waals surface area (Å²) in [6, 6.07) is 10.7. The second-order valence-corrected chi connectivity index (χ2v) is 6.56. The fourth-order valence-corrected chi connectivity index (χ4v) is 2.66. The Morgan fingerprint density at radius 2 is 1.84 bits per heavy atom. The maximum absolute atomic E-state index is 12.4. The Morgan fingerprint density at radius 3 is 2.48 bits per heavy atom. The third kappa shape index (κ3) is 4.82. The van der Waals surface area contributed by atoms with Gasteiger partial charge in [-0.1, -0.05) is 12.1 Å². The zero-order valence-corrected chi connectivity index (χ0v) is 16.1. The molecule has 5 nitrogen and oxygen atoms in total. The average molecular weight is 406 g/mol. The van der Waals surface area contributed by atoms with E-state index in [1.807, 2.05) is 32.0 Å². The van der Waals surface area contributed by atoms with Gasteiger partial charge in [-0.15, -0.1) is 0 Å². The number of amides is 1. The fourth-order valence-electron chi connectivity index (χ4n) is 2.19. The number of hydrogen-bond acceptors (Lipinski definition) is 4. The number of benzene rings is 2. The molecule has 2 aromatic carbocycles. The van der Waals surface area contributed by atoms with E-state index in [1.165, 1.54) is 7.11 Å². The summed E-state index contributed by atoms with van der Waals surface area (Å²) in [6.07, 6.45) is -0.708. The number of nitrogens with one attached hydrogen (secondary N) is 1. The van der Waals surface area contributed by atoms with Crippen LogP contribution >= 0.6 is 15.9 Å². The molecule has 2 aromatic rings. The van der Waals surface area contributed by atoms with Crippen molar-refractivity contribution in [1.29, 1.82) is 0 Å². The Morgan fingerprint density at radius 1 is 1.12 bits per heavy atom. The molecule has 0 heterocycles. The third-order valence-corrected chi connectivity index (χ3v) is 4.30. The van der Waals surface area contributed by atoms with Crippen LogP contribution in [0.3, 0.4) is 0 Å². The molecule has 0 aliphatic heterocycles. The minimum Gasteiger partial charge on any atom is -0.480 e. The summed E-state index contributed by atoms with van der Waals surface area (Å²) < 4.78 is 11.0. The average Bonchev–Trinajstić information content (AvgIpc) is 2.58. The molecule has 0 unspecified atom stereocenters. The Bertz CT molecular complexity index is 804. The monoisotopic (exact) mass is 405 g/mol. The number of carbonyl (C=O) groups is 2. The van der Waals surface area contributed by atoms with Gasteiger partial charge in [-0.2, -0.15) is 0 Å². The molecular weight excluding hydrogens is 386 g/mol. The molecule has 0 fully saturated rings. The minimum absolute atomic E-state index is 0.252. The Hall–Kier alpha value is -2.34. The molecule has 1 N–H and O–H groups in total. The summed E-state index contributed by atoms with van der Waals surface area (Å²) in [7, 11) is 1.32. The van der Waals surface area contributed by atoms with Crippen LogP contribution in [-0.4, -0.2) is 25.1 Å². The lowest BCUT2D eigenvalue weighted by atomic mass is 10.1. The molecule has 0 saturated heterocycles. The Balaban J connectivity index is 2.08. The molecule has 1 amide bonds. The molecule has 6 heteroatoms. The lowest BCUT2D eigenvalue weighted by molar-refractivity contribution is -0.122. The van der Waals surface area contributed by atoms with Gasteiger partial charge in [0.25, 0.3) is 5.91 Å². The molecule has 0 saturated carbocycles. The molecule has 2 rings (SSSR count). The highest BCUT2D eigenvalue weighted by Gasteiger charge is 2.18. The molecule has 0 radical (unpaired) electrons. The number of hydrogen-bond donors (Lipinski definition) is 1. The number of ether oxygens (including phenoxy) is 2. The van der Waals surface area contributed by atoms with Gasteiger partial charge in [-0.05, 0) is 72.1 Å². The van der Waals surface area contributed by atoms with Crippen LogP contribution in [0.1, 0.15) is 28.4 Å². The first-order valence-electron chi connectivity index (χ1n) is 7.74. The highest BCUT2D eigenvalue weighted by atomic mass is 79.9. The van der Waals surface area contributed by atoms with Crippen molar-refractivity contribution in [1.82, 2.24) is 0 Å². The highest BCUT2D eigenvalue weighted by Crippen LogP contribution is 2.27. The fraction of sp³-hybridized carbons (Fsp3) is 0.263. The summed E-state index contributed by atoms with van der Waals surface area (Å²) in [4.78, 5) is 23.9. The van der Waals surface area contributed by atoms with E-state index in [9.17, 15) is 9.59 Å². The Labute approximate surface area is 155 Å². The van der Waals surface area contributed by atoms with Crippen molar-refractivity contribution in [2.75, 3.05) is 12.4 Å². The van der Waals surface area contributed by atoms with E-state index in [2.05, 4.69) is 26.0 Å². The molecule has 1 atom stereocenters. The van der Waals surface area contributed by atoms with Crippen molar-refractivity contribution in [3.05, 3.63) is 57.6 Å². The number of esters is 1. The molecule has 0 spiro atoms. The summed E-state index contributed by atoms with van der Waals surface area (Å²) in [5.74, 6) is -0.220. The van der Waals surface area contributed by atoms with E-state index in [4.69, 9.17) is 4.74 Å². The largest absolute Gasteiger partial charge is 0.480 e. The Kier molecular flexibility index (Phi) is 6.20. The predicted molar refractivity (Wildman–Crippen MR) is 100 cm³/mol. The lowest BCUT2D eigenvalue weighted by Gasteiger charge is -2.17. The first kappa shape index (κ1) is 19.0. The van der Waals surface area contributed by atoms with Crippen LogP contribution in [0.4, 0.5) is 5.69 Å². The number of rotatable bonds is 5. The van der Waals surface area contributed by atoms with Gasteiger partial charge >= 0.3 is 5.97 Å². The summed E-state index contributed by atoms with van der Waals surface area (Å²) in [6.45, 7) is 5.57. The zero-order valence-electron chi connectivity index (χ0n) is 14.6. The van der Waals surface area contributed by atoms with E-state index in [1.54, 1.807) is 25.1 Å². The summed E-state index contributed by atoms with van der Waals surface area (Å²) in [5.41, 5.74) is 3.21. The van der Waals surface area contributed by atoms with Gasteiger partial charge in [0.05, 0.1) is 17.1 Å². The molecule has 0 bridgehead atoms. The maximum atomic E-state index is 12.4. The molecule has 25 heavy (non-hydrogen) atoms. The van der Waals surface area contributed by atoms with Gasteiger partial charge in [0.1, 0.15) is 5.75 Å². The van der Waals surface area contributed by atoms with Crippen LogP contribution in [0.15, 0.2) is 40.9 Å². The smallest absolute Gasteiger partial charge is 0.337 e. The molecule has 0 aliphatic rings. The third-order valence-electron chi connectivity index (χ3n) is 3.68. The number of aryl methyl sites for hydroxylation is 2. The second kappa shape index (κ2) is 8.16. The number of methoxy groups -OCH3 is 1. The van der Waals surface area contributed by atoms with Crippen LogP contribution in [0.5, 0.6) is 5.75 Å². The first-order valence-corrected chi connectivity index (χ1v) is 8.53. The number of anilines is 1. The van der Waals surface area contributed by atoms with Gasteiger partial charge in [0.2, 0.25) is 0 Å². The van der Waals surface area contributed by atoms with E-state index >= 15 is 0 Å². The van der Waals surface area contributed by atoms with Crippen molar-refractivity contribution in [3.63, 3.8) is 0 Å². The lowest BCUT2D eigenvalue weighted by Crippen LogP contribution is -2.30. The SMILES string of the molecule is COC(=O)c1ccc(O[C@H](C)C(=O)Nc2cc(C)ccc2C)c(Br)c1. The van der Waals surface area contributed by atoms with Gasteiger partial charge in [0, 0.05) is 5.69 Å². The maximum Gasteiger partial charge on any atom is 0.337 e. The van der Waals surface area contributed by atoms with Crippen LogP contribution < -0.4 is 10.1 Å². The van der Waals surface area contributed by atoms with Gasteiger partial charge in [-0.3, -0.25) is 4.79 Å². The molecule has 0 aromatic heterocycles. The predicted octanol–water partition coefficient (Wildman–Crippen LogP) is 4.26. The molecule has 0 aliphatic carbocycles. The van der Waals surface area contributed by atoms with Crippen LogP contribution in [0, 0.1) is 13.8 Å². The zero-order chi connectivity index (χ0) is 18.6. The minimum atomic E-state index is -0.708. The number of carbonyl (C=O) groups excluding carboxylic acids is 2. The summed E-state index contributed by atoms with van der Waals surface area (Å²) in [5, 5.41) is 2.88. The number of halogens is 1. The van der Waals surface area contributed by atoms with Gasteiger partial charge < -0.3 is 14.8 Å². The van der Waals surface area contributed by atoms with Crippen molar-refractivity contribution in [2.45, 2.75) is 26.9 Å². The van der Waals surface area contributed by atoms with Crippen LogP contribution in [0.25, 0.3) is 0 Å².